The van der Waals surface area contributed by atoms with Gasteiger partial charge in [-0.2, -0.15) is 10.2 Å². The van der Waals surface area contributed by atoms with Crippen molar-refractivity contribution in [2.45, 2.75) is 20.0 Å². The Kier molecular flexibility index (Phi) is 2.98. The van der Waals surface area contributed by atoms with E-state index in [0.717, 1.165) is 0 Å². The SMILES string of the molecule is Cc1noc(CNCc2ccc(C#N)o2)n1. The molecule has 0 spiro atoms. The highest BCUT2D eigenvalue weighted by Gasteiger charge is 2.03. The van der Waals surface area contributed by atoms with Crippen LogP contribution in [0.15, 0.2) is 21.1 Å². The highest BCUT2D eigenvalue weighted by atomic mass is 16.5. The molecular weight excluding hydrogens is 208 g/mol. The molecule has 0 aromatic carbocycles. The number of nitriles is 1. The molecule has 0 atom stereocenters. The van der Waals surface area contributed by atoms with Gasteiger partial charge in [0.25, 0.3) is 0 Å². The first-order chi connectivity index (χ1) is 7.78. The molecule has 2 rings (SSSR count). The Morgan fingerprint density at radius 2 is 2.31 bits per heavy atom. The van der Waals surface area contributed by atoms with Gasteiger partial charge in [-0.3, -0.25) is 0 Å². The van der Waals surface area contributed by atoms with Crippen LogP contribution in [-0.2, 0) is 13.1 Å². The molecule has 2 aromatic rings. The maximum atomic E-state index is 8.56. The van der Waals surface area contributed by atoms with Crippen molar-refractivity contribution in [1.82, 2.24) is 15.5 Å². The number of nitrogens with zero attached hydrogens (tertiary/aromatic N) is 3. The summed E-state index contributed by atoms with van der Waals surface area (Å²) < 4.78 is 10.1. The van der Waals surface area contributed by atoms with Gasteiger partial charge in [-0.1, -0.05) is 5.16 Å². The van der Waals surface area contributed by atoms with Crippen molar-refractivity contribution in [3.63, 3.8) is 0 Å². The average molecular weight is 218 g/mol. The Morgan fingerprint density at radius 1 is 1.44 bits per heavy atom. The van der Waals surface area contributed by atoms with Crippen molar-refractivity contribution in [1.29, 1.82) is 5.26 Å². The Balaban J connectivity index is 1.82. The number of hydrogen-bond acceptors (Lipinski definition) is 6. The van der Waals surface area contributed by atoms with Gasteiger partial charge in [-0.05, 0) is 19.1 Å². The molecule has 0 saturated carbocycles. The first-order valence-corrected chi connectivity index (χ1v) is 4.76. The van der Waals surface area contributed by atoms with Crippen LogP contribution in [0.5, 0.6) is 0 Å². The summed E-state index contributed by atoms with van der Waals surface area (Å²) in [5.41, 5.74) is 0. The smallest absolute Gasteiger partial charge is 0.240 e. The molecule has 1 N–H and O–H groups in total. The van der Waals surface area contributed by atoms with E-state index in [1.165, 1.54) is 0 Å². The lowest BCUT2D eigenvalue weighted by Gasteiger charge is -1.97. The first kappa shape index (κ1) is 10.4. The molecule has 2 heterocycles. The van der Waals surface area contributed by atoms with Crippen LogP contribution >= 0.6 is 0 Å². The Hall–Kier alpha value is -2.13. The van der Waals surface area contributed by atoms with Gasteiger partial charge < -0.3 is 14.3 Å². The van der Waals surface area contributed by atoms with Crippen molar-refractivity contribution in [3.8, 4) is 6.07 Å². The summed E-state index contributed by atoms with van der Waals surface area (Å²) in [4.78, 5) is 4.04. The third-order valence-electron chi connectivity index (χ3n) is 1.92. The quantitative estimate of drug-likeness (QED) is 0.827. The topological polar surface area (TPSA) is 87.9 Å². The van der Waals surface area contributed by atoms with Crippen LogP contribution in [0.25, 0.3) is 0 Å². The summed E-state index contributed by atoms with van der Waals surface area (Å²) in [6.07, 6.45) is 0. The van der Waals surface area contributed by atoms with Crippen LogP contribution in [0.2, 0.25) is 0 Å². The summed E-state index contributed by atoms with van der Waals surface area (Å²) in [6, 6.07) is 5.31. The molecule has 0 aliphatic carbocycles. The van der Waals surface area contributed by atoms with Crippen molar-refractivity contribution in [2.24, 2.45) is 0 Å². The summed E-state index contributed by atoms with van der Waals surface area (Å²) in [5.74, 6) is 2.16. The summed E-state index contributed by atoms with van der Waals surface area (Å²) in [6.45, 7) is 2.76. The molecule has 0 fully saturated rings. The van der Waals surface area contributed by atoms with E-state index in [0.29, 0.717) is 36.3 Å². The van der Waals surface area contributed by atoms with Crippen molar-refractivity contribution in [2.75, 3.05) is 0 Å². The third-order valence-corrected chi connectivity index (χ3v) is 1.92. The zero-order valence-electron chi connectivity index (χ0n) is 8.73. The fraction of sp³-hybridized carbons (Fsp3) is 0.300. The lowest BCUT2D eigenvalue weighted by Crippen LogP contribution is -2.12. The predicted octanol–water partition coefficient (Wildman–Crippen LogP) is 1.13. The molecule has 0 aliphatic heterocycles. The normalized spacial score (nSPS) is 10.2. The summed E-state index contributed by atoms with van der Waals surface area (Å²) in [7, 11) is 0. The van der Waals surface area contributed by atoms with Crippen LogP contribution in [0.1, 0.15) is 23.2 Å². The molecule has 0 unspecified atom stereocenters. The van der Waals surface area contributed by atoms with E-state index < -0.39 is 0 Å². The van der Waals surface area contributed by atoms with E-state index in [1.807, 2.05) is 6.07 Å². The standard InChI is InChI=1S/C10H10N4O2/c1-7-13-10(16-14-7)6-12-5-9-3-2-8(4-11)15-9/h2-3,12H,5-6H2,1H3. The molecule has 6 heteroatoms. The zero-order valence-corrected chi connectivity index (χ0v) is 8.73. The minimum Gasteiger partial charge on any atom is -0.449 e. The van der Waals surface area contributed by atoms with Crippen molar-refractivity contribution < 1.29 is 8.94 Å². The third kappa shape index (κ3) is 2.46. The summed E-state index contributed by atoms with van der Waals surface area (Å²) >= 11 is 0. The molecular formula is C10H10N4O2. The maximum absolute atomic E-state index is 8.56. The predicted molar refractivity (Wildman–Crippen MR) is 53.0 cm³/mol. The number of nitrogens with one attached hydrogen (secondary N) is 1. The molecule has 82 valence electrons. The van der Waals surface area contributed by atoms with Gasteiger partial charge in [0.15, 0.2) is 5.82 Å². The fourth-order valence-electron chi connectivity index (χ4n) is 1.24. The van der Waals surface area contributed by atoms with Gasteiger partial charge >= 0.3 is 0 Å². The van der Waals surface area contributed by atoms with Crippen molar-refractivity contribution >= 4 is 0 Å². The highest BCUT2D eigenvalue weighted by Crippen LogP contribution is 2.06. The van der Waals surface area contributed by atoms with Crippen LogP contribution in [-0.4, -0.2) is 10.1 Å². The highest BCUT2D eigenvalue weighted by molar-refractivity contribution is 5.18. The molecule has 0 saturated heterocycles. The van der Waals surface area contributed by atoms with E-state index in [2.05, 4.69) is 15.5 Å². The second-order valence-corrected chi connectivity index (χ2v) is 3.22. The van der Waals surface area contributed by atoms with Crippen LogP contribution in [0.4, 0.5) is 0 Å². The summed E-state index contributed by atoms with van der Waals surface area (Å²) in [5, 5.41) is 15.3. The lowest BCUT2D eigenvalue weighted by atomic mass is 10.4. The number of furan rings is 1. The van der Waals surface area contributed by atoms with E-state index in [-0.39, 0.29) is 0 Å². The minimum absolute atomic E-state index is 0.311. The van der Waals surface area contributed by atoms with Crippen LogP contribution in [0, 0.1) is 18.3 Å². The number of rotatable bonds is 4. The molecule has 0 radical (unpaired) electrons. The Labute approximate surface area is 91.9 Å². The largest absolute Gasteiger partial charge is 0.449 e. The number of aromatic nitrogens is 2. The van der Waals surface area contributed by atoms with Gasteiger partial charge in [0.2, 0.25) is 11.7 Å². The molecule has 0 aliphatic rings. The molecule has 0 bridgehead atoms. The molecule has 16 heavy (non-hydrogen) atoms. The van der Waals surface area contributed by atoms with E-state index in [1.54, 1.807) is 19.1 Å². The van der Waals surface area contributed by atoms with E-state index in [4.69, 9.17) is 14.2 Å². The second-order valence-electron chi connectivity index (χ2n) is 3.22. The zero-order chi connectivity index (χ0) is 11.4. The van der Waals surface area contributed by atoms with Gasteiger partial charge in [0.1, 0.15) is 11.8 Å². The Bertz CT molecular complexity index is 509. The van der Waals surface area contributed by atoms with E-state index >= 15 is 0 Å². The van der Waals surface area contributed by atoms with Crippen molar-refractivity contribution in [3.05, 3.63) is 35.4 Å². The lowest BCUT2D eigenvalue weighted by molar-refractivity contribution is 0.360. The minimum atomic E-state index is 0.311. The maximum Gasteiger partial charge on any atom is 0.240 e. The van der Waals surface area contributed by atoms with Gasteiger partial charge in [0, 0.05) is 0 Å². The van der Waals surface area contributed by atoms with Gasteiger partial charge in [0.05, 0.1) is 13.1 Å². The van der Waals surface area contributed by atoms with E-state index in [9.17, 15) is 0 Å². The molecule has 6 nitrogen and oxygen atoms in total. The molecule has 2 aromatic heterocycles. The van der Waals surface area contributed by atoms with Gasteiger partial charge in [-0.15, -0.1) is 0 Å². The van der Waals surface area contributed by atoms with Gasteiger partial charge in [-0.25, -0.2) is 0 Å². The number of hydrogen-bond donors (Lipinski definition) is 1. The van der Waals surface area contributed by atoms with Crippen LogP contribution in [0.3, 0.4) is 0 Å². The first-order valence-electron chi connectivity index (χ1n) is 4.76. The Morgan fingerprint density at radius 3 is 2.94 bits per heavy atom. The number of aryl methyl sites for hydroxylation is 1. The second kappa shape index (κ2) is 4.59. The monoisotopic (exact) mass is 218 g/mol. The van der Waals surface area contributed by atoms with Crippen LogP contribution < -0.4 is 5.32 Å². The fourth-order valence-corrected chi connectivity index (χ4v) is 1.24. The average Bonchev–Trinajstić information content (AvgIpc) is 2.88. The molecule has 0 amide bonds.